The fourth-order valence-corrected chi connectivity index (χ4v) is 5.08. The average Bonchev–Trinajstić information content (AvgIpc) is 2.98. The number of carbonyl (C=O) groups is 1. The van der Waals surface area contributed by atoms with Crippen molar-refractivity contribution in [3.05, 3.63) is 130 Å². The van der Waals surface area contributed by atoms with Gasteiger partial charge in [0.15, 0.2) is 5.75 Å². The second kappa shape index (κ2) is 14.6. The van der Waals surface area contributed by atoms with Gasteiger partial charge in [0.05, 0.1) is 12.8 Å². The molecule has 214 valence electrons. The van der Waals surface area contributed by atoms with Gasteiger partial charge in [-0.2, -0.15) is 5.10 Å². The average molecular weight is 571 g/mol. The van der Waals surface area contributed by atoms with Crippen LogP contribution in [-0.2, 0) is 22.8 Å². The van der Waals surface area contributed by atoms with Crippen molar-refractivity contribution in [1.82, 2.24) is 9.78 Å². The van der Waals surface area contributed by atoms with Gasteiger partial charge in [-0.3, -0.25) is 4.79 Å². The maximum absolute atomic E-state index is 13.2. The highest BCUT2D eigenvalue weighted by Crippen LogP contribution is 2.28. The van der Waals surface area contributed by atoms with Crippen molar-refractivity contribution in [3.8, 4) is 5.75 Å². The molecule has 0 atom stereocenters. The van der Waals surface area contributed by atoms with E-state index in [1.807, 2.05) is 66.7 Å². The zero-order valence-electron chi connectivity index (χ0n) is 24.0. The largest absolute Gasteiger partial charge is 0.483 e. The maximum atomic E-state index is 13.2. The van der Waals surface area contributed by atoms with Crippen molar-refractivity contribution in [2.75, 3.05) is 13.2 Å². The highest BCUT2D eigenvalue weighted by molar-refractivity contribution is 6.76. The molecule has 0 radical (unpaired) electrons. The molecule has 41 heavy (non-hydrogen) atoms. The molecule has 0 bridgehead atoms. The Bertz CT molecular complexity index is 1400. The molecule has 0 saturated heterocycles. The minimum Gasteiger partial charge on any atom is -0.483 e. The molecule has 1 aromatic heterocycles. The second-order valence-electron chi connectivity index (χ2n) is 11.1. The fourth-order valence-electron chi connectivity index (χ4n) is 4.32. The van der Waals surface area contributed by atoms with Crippen molar-refractivity contribution >= 4 is 14.0 Å². The lowest BCUT2D eigenvalue weighted by Gasteiger charge is -2.18. The van der Waals surface area contributed by atoms with Gasteiger partial charge in [-0.05, 0) is 29.2 Å². The molecule has 0 N–H and O–H groups in total. The smallest absolute Gasteiger partial charge is 0.363 e. The number of aromatic nitrogens is 2. The minimum absolute atomic E-state index is 0.0241. The van der Waals surface area contributed by atoms with Gasteiger partial charge in [-0.1, -0.05) is 111 Å². The zero-order valence-corrected chi connectivity index (χ0v) is 25.0. The number of rotatable bonds is 14. The van der Waals surface area contributed by atoms with E-state index in [0.717, 1.165) is 22.7 Å². The molecule has 0 saturated carbocycles. The molecular weight excluding hydrogens is 532 g/mol. The van der Waals surface area contributed by atoms with Crippen LogP contribution in [0.3, 0.4) is 0 Å². The number of ether oxygens (including phenoxy) is 3. The summed E-state index contributed by atoms with van der Waals surface area (Å²) in [4.78, 5) is 26.4. The summed E-state index contributed by atoms with van der Waals surface area (Å²) in [7, 11) is -1.27. The summed E-state index contributed by atoms with van der Waals surface area (Å²) < 4.78 is 18.7. The molecule has 0 fully saturated rings. The Kier molecular flexibility index (Phi) is 10.6. The van der Waals surface area contributed by atoms with Crippen LogP contribution in [0.25, 0.3) is 0 Å². The first-order chi connectivity index (χ1) is 19.8. The molecule has 0 unspecified atom stereocenters. The predicted octanol–water partition coefficient (Wildman–Crippen LogP) is 6.51. The van der Waals surface area contributed by atoms with Gasteiger partial charge in [0.1, 0.15) is 13.3 Å². The van der Waals surface area contributed by atoms with Crippen molar-refractivity contribution in [2.45, 2.75) is 51.4 Å². The van der Waals surface area contributed by atoms with E-state index in [2.05, 4.69) is 49.0 Å². The Hall–Kier alpha value is -4.01. The van der Waals surface area contributed by atoms with E-state index in [9.17, 15) is 9.59 Å². The van der Waals surface area contributed by atoms with Gasteiger partial charge in [0, 0.05) is 20.6 Å². The first-order valence-electron chi connectivity index (χ1n) is 13.9. The maximum Gasteiger partial charge on any atom is 0.363 e. The first kappa shape index (κ1) is 30.0. The fraction of sp³-hybridized carbons (Fsp3) is 0.303. The van der Waals surface area contributed by atoms with Gasteiger partial charge < -0.3 is 14.2 Å². The van der Waals surface area contributed by atoms with Crippen molar-refractivity contribution in [3.63, 3.8) is 0 Å². The van der Waals surface area contributed by atoms with Crippen LogP contribution in [0, 0.1) is 0 Å². The third kappa shape index (κ3) is 9.26. The number of hydrogen-bond acceptors (Lipinski definition) is 6. The van der Waals surface area contributed by atoms with Crippen LogP contribution in [0.1, 0.15) is 39.5 Å². The van der Waals surface area contributed by atoms with Crippen LogP contribution in [0.2, 0.25) is 25.7 Å². The standard InChI is InChI=1S/C33H38N2O5Si/c1-41(2,3)22-21-38-25-35-23-30(40-24-26-13-7-4-8-14-26)32(36)31(34-35)33(37)39-20-19-29(27-15-9-5-10-16-27)28-17-11-6-12-18-28/h4-18,23,29H,19-22,24-25H2,1-3H3. The Balaban J connectivity index is 1.49. The molecule has 3 aromatic carbocycles. The van der Waals surface area contributed by atoms with Crippen molar-refractivity contribution in [2.24, 2.45) is 0 Å². The molecule has 0 spiro atoms. The number of hydrogen-bond donors (Lipinski definition) is 0. The summed E-state index contributed by atoms with van der Waals surface area (Å²) in [5.41, 5.74) is 2.23. The van der Waals surface area contributed by atoms with Crippen LogP contribution < -0.4 is 10.2 Å². The predicted molar refractivity (Wildman–Crippen MR) is 163 cm³/mol. The van der Waals surface area contributed by atoms with E-state index in [1.54, 1.807) is 0 Å². The lowest BCUT2D eigenvalue weighted by atomic mass is 9.89. The molecule has 4 rings (SSSR count). The number of esters is 1. The summed E-state index contributed by atoms with van der Waals surface area (Å²) in [6.07, 6.45) is 2.04. The van der Waals surface area contributed by atoms with Gasteiger partial charge in [-0.15, -0.1) is 0 Å². The van der Waals surface area contributed by atoms with E-state index >= 15 is 0 Å². The van der Waals surface area contributed by atoms with Crippen LogP contribution in [0.5, 0.6) is 5.75 Å². The van der Waals surface area contributed by atoms with E-state index in [0.29, 0.717) is 13.0 Å². The van der Waals surface area contributed by atoms with E-state index in [4.69, 9.17) is 14.2 Å². The van der Waals surface area contributed by atoms with E-state index < -0.39 is 19.5 Å². The topological polar surface area (TPSA) is 79.7 Å². The molecular formula is C33H38N2O5Si. The van der Waals surface area contributed by atoms with E-state index in [1.165, 1.54) is 10.9 Å². The normalized spacial score (nSPS) is 11.4. The van der Waals surface area contributed by atoms with Crippen molar-refractivity contribution in [1.29, 1.82) is 0 Å². The SMILES string of the molecule is C[Si](C)(C)CCOCn1cc(OCc2ccccc2)c(=O)c(C(=O)OCCC(c2ccccc2)c2ccccc2)n1. The van der Waals surface area contributed by atoms with Gasteiger partial charge in [0.2, 0.25) is 5.69 Å². The Morgan fingerprint density at radius 2 is 1.44 bits per heavy atom. The highest BCUT2D eigenvalue weighted by Gasteiger charge is 2.21. The molecule has 8 heteroatoms. The van der Waals surface area contributed by atoms with Crippen LogP contribution in [-0.4, -0.2) is 37.0 Å². The van der Waals surface area contributed by atoms with Gasteiger partial charge >= 0.3 is 5.97 Å². The molecule has 0 amide bonds. The third-order valence-corrected chi connectivity index (χ3v) is 8.33. The monoisotopic (exact) mass is 570 g/mol. The number of nitrogens with zero attached hydrogens (tertiary/aromatic N) is 2. The van der Waals surface area contributed by atoms with Gasteiger partial charge in [-0.25, -0.2) is 9.48 Å². The Labute approximate surface area is 242 Å². The Morgan fingerprint density at radius 3 is 2.02 bits per heavy atom. The quantitative estimate of drug-likeness (QED) is 0.0976. The summed E-state index contributed by atoms with van der Waals surface area (Å²) in [6.45, 7) is 7.80. The molecule has 4 aromatic rings. The summed E-state index contributed by atoms with van der Waals surface area (Å²) in [5, 5.41) is 4.27. The minimum atomic E-state index is -1.27. The second-order valence-corrected chi connectivity index (χ2v) is 16.8. The highest BCUT2D eigenvalue weighted by atomic mass is 28.3. The first-order valence-corrected chi connectivity index (χ1v) is 17.6. The molecule has 7 nitrogen and oxygen atoms in total. The van der Waals surface area contributed by atoms with Crippen molar-refractivity contribution < 1.29 is 19.0 Å². The Morgan fingerprint density at radius 1 is 0.854 bits per heavy atom. The van der Waals surface area contributed by atoms with Crippen LogP contribution in [0.4, 0.5) is 0 Å². The van der Waals surface area contributed by atoms with Crippen LogP contribution >= 0.6 is 0 Å². The summed E-state index contributed by atoms with van der Waals surface area (Å²) in [6, 6.07) is 30.7. The molecule has 1 heterocycles. The molecule has 0 aliphatic rings. The third-order valence-electron chi connectivity index (χ3n) is 6.63. The lowest BCUT2D eigenvalue weighted by Crippen LogP contribution is -2.27. The molecule has 0 aliphatic carbocycles. The zero-order chi connectivity index (χ0) is 29.1. The number of carbonyl (C=O) groups excluding carboxylic acids is 1. The lowest BCUT2D eigenvalue weighted by molar-refractivity contribution is 0.0470. The molecule has 0 aliphatic heterocycles. The van der Waals surface area contributed by atoms with E-state index in [-0.39, 0.29) is 37.3 Å². The van der Waals surface area contributed by atoms with Gasteiger partial charge in [0.25, 0.3) is 5.43 Å². The summed E-state index contributed by atoms with van der Waals surface area (Å²) >= 11 is 0. The van der Waals surface area contributed by atoms with Crippen LogP contribution in [0.15, 0.2) is 102 Å². The number of benzene rings is 3. The summed E-state index contributed by atoms with van der Waals surface area (Å²) in [5.74, 6) is -0.720.